The van der Waals surface area contributed by atoms with Crippen LogP contribution >= 0.6 is 15.9 Å². The number of hydrogen-bond donors (Lipinski definition) is 0. The predicted molar refractivity (Wildman–Crippen MR) is 55.1 cm³/mol. The Morgan fingerprint density at radius 1 is 1.23 bits per heavy atom. The van der Waals surface area contributed by atoms with E-state index >= 15 is 0 Å². The normalized spacial score (nSPS) is 11.5. The molecule has 4 heteroatoms. The van der Waals surface area contributed by atoms with Gasteiger partial charge in [-0.15, -0.1) is 10.2 Å². The summed E-state index contributed by atoms with van der Waals surface area (Å²) in [6.07, 6.45) is 3.96. The standard InChI is InChI=1S/C9H11BrN2O/c1-6(2)4-5-7(3)8-11-12-9(10)13-8/h4-5H,1-3H3. The Labute approximate surface area is 85.7 Å². The molecule has 0 aliphatic carbocycles. The molecule has 0 atom stereocenters. The number of aromatic nitrogens is 2. The van der Waals surface area contributed by atoms with Crippen LogP contribution < -0.4 is 0 Å². The van der Waals surface area contributed by atoms with Crippen LogP contribution in [0.3, 0.4) is 0 Å². The smallest absolute Gasteiger partial charge is 0.284 e. The maximum Gasteiger partial charge on any atom is 0.284 e. The summed E-state index contributed by atoms with van der Waals surface area (Å²) in [5.41, 5.74) is 2.19. The summed E-state index contributed by atoms with van der Waals surface area (Å²) in [5, 5.41) is 7.54. The molecule has 0 aromatic carbocycles. The van der Waals surface area contributed by atoms with Gasteiger partial charge in [-0.2, -0.15) is 0 Å². The van der Waals surface area contributed by atoms with E-state index in [2.05, 4.69) is 26.1 Å². The van der Waals surface area contributed by atoms with Crippen molar-refractivity contribution in [3.8, 4) is 0 Å². The molecule has 70 valence electrons. The molecule has 1 aromatic heterocycles. The van der Waals surface area contributed by atoms with Crippen LogP contribution in [-0.4, -0.2) is 10.2 Å². The largest absolute Gasteiger partial charge is 0.411 e. The molecular formula is C9H11BrN2O. The van der Waals surface area contributed by atoms with Gasteiger partial charge in [0.15, 0.2) is 0 Å². The van der Waals surface area contributed by atoms with Gasteiger partial charge in [-0.1, -0.05) is 17.7 Å². The summed E-state index contributed by atoms with van der Waals surface area (Å²) in [4.78, 5) is 0.410. The Morgan fingerprint density at radius 3 is 2.38 bits per heavy atom. The lowest BCUT2D eigenvalue weighted by Crippen LogP contribution is -1.78. The second kappa shape index (κ2) is 4.37. The topological polar surface area (TPSA) is 38.9 Å². The first-order valence-electron chi connectivity index (χ1n) is 3.91. The van der Waals surface area contributed by atoms with E-state index < -0.39 is 0 Å². The van der Waals surface area contributed by atoms with Crippen LogP contribution in [0.1, 0.15) is 26.7 Å². The molecule has 13 heavy (non-hydrogen) atoms. The first-order valence-corrected chi connectivity index (χ1v) is 4.70. The van der Waals surface area contributed by atoms with Gasteiger partial charge in [0.05, 0.1) is 0 Å². The fraction of sp³-hybridized carbons (Fsp3) is 0.333. The van der Waals surface area contributed by atoms with Gasteiger partial charge in [0, 0.05) is 21.5 Å². The highest BCUT2D eigenvalue weighted by Crippen LogP contribution is 2.15. The fourth-order valence-corrected chi connectivity index (χ4v) is 0.960. The van der Waals surface area contributed by atoms with E-state index in [0.29, 0.717) is 10.7 Å². The lowest BCUT2D eigenvalue weighted by molar-refractivity contribution is 0.512. The van der Waals surface area contributed by atoms with Crippen molar-refractivity contribution in [2.45, 2.75) is 20.8 Å². The molecule has 0 aliphatic rings. The number of halogens is 1. The Morgan fingerprint density at radius 2 is 1.92 bits per heavy atom. The summed E-state index contributed by atoms with van der Waals surface area (Å²) in [5.74, 6) is 0.546. The first-order chi connectivity index (χ1) is 6.09. The summed E-state index contributed by atoms with van der Waals surface area (Å²) in [6, 6.07) is 0. The molecule has 0 aliphatic heterocycles. The van der Waals surface area contributed by atoms with Crippen LogP contribution in [0.5, 0.6) is 0 Å². The second-order valence-corrected chi connectivity index (χ2v) is 3.63. The van der Waals surface area contributed by atoms with Gasteiger partial charge in [0.25, 0.3) is 4.80 Å². The molecule has 0 bridgehead atoms. The first kappa shape index (κ1) is 10.2. The van der Waals surface area contributed by atoms with Crippen molar-refractivity contribution in [1.29, 1.82) is 0 Å². The Kier molecular flexibility index (Phi) is 3.42. The van der Waals surface area contributed by atoms with Crippen LogP contribution in [0.2, 0.25) is 0 Å². The summed E-state index contributed by atoms with van der Waals surface area (Å²) >= 11 is 3.10. The zero-order valence-electron chi connectivity index (χ0n) is 7.84. The van der Waals surface area contributed by atoms with E-state index in [1.165, 1.54) is 5.57 Å². The third-order valence-corrected chi connectivity index (χ3v) is 1.72. The van der Waals surface area contributed by atoms with Crippen molar-refractivity contribution in [3.05, 3.63) is 28.4 Å². The van der Waals surface area contributed by atoms with Crippen molar-refractivity contribution in [2.24, 2.45) is 0 Å². The monoisotopic (exact) mass is 242 g/mol. The molecule has 3 nitrogen and oxygen atoms in total. The zero-order chi connectivity index (χ0) is 9.84. The van der Waals surface area contributed by atoms with Gasteiger partial charge in [0.2, 0.25) is 5.89 Å². The molecule has 0 N–H and O–H groups in total. The Bertz CT molecular complexity index is 348. The number of rotatable bonds is 2. The third-order valence-electron chi connectivity index (χ3n) is 1.40. The molecule has 0 radical (unpaired) electrons. The summed E-state index contributed by atoms with van der Waals surface area (Å²) < 4.78 is 5.17. The van der Waals surface area contributed by atoms with E-state index in [1.54, 1.807) is 0 Å². The SMILES string of the molecule is CC(C)=CC=C(C)c1nnc(Br)o1. The van der Waals surface area contributed by atoms with Crippen molar-refractivity contribution in [3.63, 3.8) is 0 Å². The van der Waals surface area contributed by atoms with E-state index in [0.717, 1.165) is 5.57 Å². The number of nitrogens with zero attached hydrogens (tertiary/aromatic N) is 2. The lowest BCUT2D eigenvalue weighted by atomic mass is 10.2. The highest BCUT2D eigenvalue weighted by Gasteiger charge is 2.03. The minimum Gasteiger partial charge on any atom is -0.411 e. The van der Waals surface area contributed by atoms with Gasteiger partial charge in [-0.3, -0.25) is 0 Å². The molecule has 0 unspecified atom stereocenters. The Balaban J connectivity index is 2.85. The van der Waals surface area contributed by atoms with E-state index in [9.17, 15) is 0 Å². The molecule has 0 fully saturated rings. The van der Waals surface area contributed by atoms with Gasteiger partial charge < -0.3 is 4.42 Å². The van der Waals surface area contributed by atoms with Crippen LogP contribution in [-0.2, 0) is 0 Å². The third kappa shape index (κ3) is 3.14. The fourth-order valence-electron chi connectivity index (χ4n) is 0.728. The maximum absolute atomic E-state index is 5.17. The number of allylic oxidation sites excluding steroid dienone is 4. The van der Waals surface area contributed by atoms with Crippen LogP contribution in [0.15, 0.2) is 26.9 Å². The molecule has 0 saturated heterocycles. The van der Waals surface area contributed by atoms with Crippen LogP contribution in [0.25, 0.3) is 5.57 Å². The van der Waals surface area contributed by atoms with Crippen LogP contribution in [0.4, 0.5) is 0 Å². The van der Waals surface area contributed by atoms with Crippen LogP contribution in [0, 0.1) is 0 Å². The molecule has 1 aromatic rings. The van der Waals surface area contributed by atoms with Crippen molar-refractivity contribution >= 4 is 21.5 Å². The van der Waals surface area contributed by atoms with Crippen molar-refractivity contribution in [2.75, 3.05) is 0 Å². The Hall–Kier alpha value is -0.900. The molecule has 0 spiro atoms. The van der Waals surface area contributed by atoms with E-state index in [-0.39, 0.29) is 0 Å². The van der Waals surface area contributed by atoms with Gasteiger partial charge in [-0.05, 0) is 20.8 Å². The summed E-state index contributed by atoms with van der Waals surface area (Å²) in [7, 11) is 0. The highest BCUT2D eigenvalue weighted by atomic mass is 79.9. The second-order valence-electron chi connectivity index (χ2n) is 2.95. The van der Waals surface area contributed by atoms with E-state index in [1.807, 2.05) is 32.9 Å². The zero-order valence-corrected chi connectivity index (χ0v) is 9.42. The average Bonchev–Trinajstić information content (AvgIpc) is 2.47. The molecule has 0 saturated carbocycles. The summed E-state index contributed by atoms with van der Waals surface area (Å²) in [6.45, 7) is 6.00. The molecular weight excluding hydrogens is 232 g/mol. The van der Waals surface area contributed by atoms with Gasteiger partial charge in [-0.25, -0.2) is 0 Å². The lowest BCUT2D eigenvalue weighted by Gasteiger charge is -1.90. The van der Waals surface area contributed by atoms with Gasteiger partial charge in [0.1, 0.15) is 0 Å². The maximum atomic E-state index is 5.17. The van der Waals surface area contributed by atoms with E-state index in [4.69, 9.17) is 4.42 Å². The highest BCUT2D eigenvalue weighted by molar-refractivity contribution is 9.10. The van der Waals surface area contributed by atoms with Crippen molar-refractivity contribution in [1.82, 2.24) is 10.2 Å². The minimum absolute atomic E-state index is 0.410. The average molecular weight is 243 g/mol. The quantitative estimate of drug-likeness (QED) is 0.748. The molecule has 1 rings (SSSR count). The molecule has 1 heterocycles. The van der Waals surface area contributed by atoms with Crippen molar-refractivity contribution < 1.29 is 4.42 Å². The molecule has 0 amide bonds. The van der Waals surface area contributed by atoms with Gasteiger partial charge >= 0.3 is 0 Å². The number of hydrogen-bond acceptors (Lipinski definition) is 3. The minimum atomic E-state index is 0.410. The predicted octanol–water partition coefficient (Wildman–Crippen LogP) is 3.20.